The Balaban J connectivity index is 0.000000288. The molecule has 16 heavy (non-hydrogen) atoms. The average molecular weight is 226 g/mol. The molecule has 0 aliphatic carbocycles. The van der Waals surface area contributed by atoms with Crippen molar-refractivity contribution in [2.45, 2.75) is 20.3 Å². The van der Waals surface area contributed by atoms with Crippen LogP contribution in [-0.2, 0) is 0 Å². The van der Waals surface area contributed by atoms with Gasteiger partial charge in [0.2, 0.25) is 0 Å². The summed E-state index contributed by atoms with van der Waals surface area (Å²) in [5, 5.41) is 26.0. The number of aliphatic hydroxyl groups excluding tert-OH is 3. The minimum Gasteiger partial charge on any atom is -0.396 e. The van der Waals surface area contributed by atoms with Gasteiger partial charge in [-0.25, -0.2) is 0 Å². The van der Waals surface area contributed by atoms with Crippen molar-refractivity contribution in [3.63, 3.8) is 0 Å². The van der Waals surface area contributed by atoms with E-state index >= 15 is 0 Å². The van der Waals surface area contributed by atoms with Crippen LogP contribution in [0.3, 0.4) is 0 Å². The first-order valence-corrected chi connectivity index (χ1v) is 5.48. The summed E-state index contributed by atoms with van der Waals surface area (Å²) in [6.45, 7) is 3.44. The molecule has 0 radical (unpaired) electrons. The molecule has 0 aromatic heterocycles. The summed E-state index contributed by atoms with van der Waals surface area (Å²) in [6.07, 6.45) is 0.594. The number of hydrogen-bond donors (Lipinski definition) is 3. The van der Waals surface area contributed by atoms with Gasteiger partial charge < -0.3 is 15.3 Å². The Bertz CT molecular complexity index is 238. The molecule has 0 unspecified atom stereocenters. The zero-order chi connectivity index (χ0) is 12.4. The maximum Gasteiger partial charge on any atom is 0.0531 e. The number of hydrogen-bond acceptors (Lipinski definition) is 3. The summed E-state index contributed by atoms with van der Waals surface area (Å²) in [5.41, 5.74) is 0.655. The van der Waals surface area contributed by atoms with E-state index in [0.717, 1.165) is 0 Å². The van der Waals surface area contributed by atoms with Crippen LogP contribution in [0.1, 0.15) is 18.9 Å². The van der Waals surface area contributed by atoms with Crippen molar-refractivity contribution in [3.05, 3.63) is 35.9 Å². The summed E-state index contributed by atoms with van der Waals surface area (Å²) < 4.78 is 0. The molecule has 1 aromatic carbocycles. The second-order valence-electron chi connectivity index (χ2n) is 3.98. The third-order valence-electron chi connectivity index (χ3n) is 2.70. The molecule has 0 heterocycles. The molecule has 0 saturated carbocycles. The zero-order valence-corrected chi connectivity index (χ0v) is 10.1. The number of aliphatic hydroxyl groups is 3. The van der Waals surface area contributed by atoms with Crippen LogP contribution in [0.5, 0.6) is 0 Å². The summed E-state index contributed by atoms with van der Waals surface area (Å²) in [5.74, 6) is 0. The fraction of sp³-hybridized carbons (Fsp3) is 0.538. The molecule has 0 aliphatic rings. The fourth-order valence-corrected chi connectivity index (χ4v) is 1.02. The Morgan fingerprint density at radius 1 is 0.938 bits per heavy atom. The third kappa shape index (κ3) is 5.26. The molecule has 0 amide bonds. The van der Waals surface area contributed by atoms with Crippen LogP contribution in [-0.4, -0.2) is 35.1 Å². The quantitative estimate of drug-likeness (QED) is 0.726. The van der Waals surface area contributed by atoms with E-state index in [-0.39, 0.29) is 19.8 Å². The highest BCUT2D eigenvalue weighted by molar-refractivity contribution is 5.11. The van der Waals surface area contributed by atoms with E-state index in [4.69, 9.17) is 15.3 Å². The van der Waals surface area contributed by atoms with Gasteiger partial charge in [-0.1, -0.05) is 42.8 Å². The Labute approximate surface area is 97.4 Å². The molecule has 0 fully saturated rings. The van der Waals surface area contributed by atoms with Gasteiger partial charge in [-0.05, 0) is 13.3 Å². The van der Waals surface area contributed by atoms with Crippen LogP contribution in [0.2, 0.25) is 0 Å². The molecule has 3 N–H and O–H groups in total. The van der Waals surface area contributed by atoms with Gasteiger partial charge in [0.15, 0.2) is 0 Å². The summed E-state index contributed by atoms with van der Waals surface area (Å²) in [6, 6.07) is 10.3. The van der Waals surface area contributed by atoms with E-state index in [1.807, 2.05) is 25.1 Å². The van der Waals surface area contributed by atoms with E-state index in [2.05, 4.69) is 19.1 Å². The standard InChI is InChI=1S/C7H8.C6H14O3/c1-7-5-3-2-4-6-7;1-2-6(3-7,4-8)5-9/h2-6H,1H3;7-9H,2-5H2,1H3. The number of aryl methyl sites for hydroxylation is 1. The largest absolute Gasteiger partial charge is 0.396 e. The Hall–Kier alpha value is -0.900. The number of rotatable bonds is 4. The Kier molecular flexibility index (Phi) is 7.81. The second-order valence-corrected chi connectivity index (χ2v) is 3.98. The highest BCUT2D eigenvalue weighted by Gasteiger charge is 2.24. The first-order valence-electron chi connectivity index (χ1n) is 5.48. The van der Waals surface area contributed by atoms with Crippen molar-refractivity contribution < 1.29 is 15.3 Å². The van der Waals surface area contributed by atoms with Crippen LogP contribution in [0.4, 0.5) is 0 Å². The van der Waals surface area contributed by atoms with Gasteiger partial charge in [0.1, 0.15) is 0 Å². The van der Waals surface area contributed by atoms with Gasteiger partial charge >= 0.3 is 0 Å². The van der Waals surface area contributed by atoms with Gasteiger partial charge in [-0.15, -0.1) is 0 Å². The molecular formula is C13H22O3. The number of benzene rings is 1. The molecule has 0 aliphatic heterocycles. The van der Waals surface area contributed by atoms with Gasteiger partial charge in [0.25, 0.3) is 0 Å². The van der Waals surface area contributed by atoms with Gasteiger partial charge in [0.05, 0.1) is 19.8 Å². The van der Waals surface area contributed by atoms with E-state index < -0.39 is 5.41 Å². The molecule has 0 atom stereocenters. The highest BCUT2D eigenvalue weighted by atomic mass is 16.3. The molecule has 1 rings (SSSR count). The third-order valence-corrected chi connectivity index (χ3v) is 2.70. The Morgan fingerprint density at radius 3 is 1.50 bits per heavy atom. The summed E-state index contributed by atoms with van der Waals surface area (Å²) in [4.78, 5) is 0. The van der Waals surface area contributed by atoms with Crippen LogP contribution in [0, 0.1) is 12.3 Å². The minimum absolute atomic E-state index is 0.156. The lowest BCUT2D eigenvalue weighted by molar-refractivity contribution is 0.00304. The minimum atomic E-state index is -0.667. The second kappa shape index (κ2) is 8.28. The summed E-state index contributed by atoms with van der Waals surface area (Å²) >= 11 is 0. The maximum absolute atomic E-state index is 8.66. The van der Waals surface area contributed by atoms with Crippen LogP contribution in [0.25, 0.3) is 0 Å². The van der Waals surface area contributed by atoms with Crippen molar-refractivity contribution in [1.82, 2.24) is 0 Å². The van der Waals surface area contributed by atoms with Crippen LogP contribution >= 0.6 is 0 Å². The Morgan fingerprint density at radius 2 is 1.38 bits per heavy atom. The van der Waals surface area contributed by atoms with Gasteiger partial charge in [0, 0.05) is 5.41 Å². The van der Waals surface area contributed by atoms with Crippen molar-refractivity contribution in [2.24, 2.45) is 5.41 Å². The fourth-order valence-electron chi connectivity index (χ4n) is 1.02. The first-order chi connectivity index (χ1) is 7.64. The van der Waals surface area contributed by atoms with Crippen molar-refractivity contribution in [1.29, 1.82) is 0 Å². The SMILES string of the molecule is CCC(CO)(CO)CO.Cc1ccccc1. The van der Waals surface area contributed by atoms with Gasteiger partial charge in [-0.2, -0.15) is 0 Å². The molecule has 92 valence electrons. The predicted molar refractivity (Wildman–Crippen MR) is 65.2 cm³/mol. The van der Waals surface area contributed by atoms with Crippen molar-refractivity contribution >= 4 is 0 Å². The predicted octanol–water partition coefficient (Wildman–Crippen LogP) is 1.35. The lowest BCUT2D eigenvalue weighted by atomic mass is 9.88. The van der Waals surface area contributed by atoms with E-state index in [0.29, 0.717) is 6.42 Å². The molecule has 1 aromatic rings. The van der Waals surface area contributed by atoms with Crippen molar-refractivity contribution in [3.8, 4) is 0 Å². The van der Waals surface area contributed by atoms with E-state index in [9.17, 15) is 0 Å². The molecule has 3 nitrogen and oxygen atoms in total. The van der Waals surface area contributed by atoms with E-state index in [1.54, 1.807) is 0 Å². The maximum atomic E-state index is 8.66. The van der Waals surface area contributed by atoms with Crippen molar-refractivity contribution in [2.75, 3.05) is 19.8 Å². The summed E-state index contributed by atoms with van der Waals surface area (Å²) in [7, 11) is 0. The lowest BCUT2D eigenvalue weighted by Gasteiger charge is -2.24. The smallest absolute Gasteiger partial charge is 0.0531 e. The van der Waals surface area contributed by atoms with Crippen LogP contribution in [0.15, 0.2) is 30.3 Å². The first kappa shape index (κ1) is 15.1. The molecular weight excluding hydrogens is 204 g/mol. The zero-order valence-electron chi connectivity index (χ0n) is 10.1. The molecule has 0 bridgehead atoms. The normalized spacial score (nSPS) is 10.6. The highest BCUT2D eigenvalue weighted by Crippen LogP contribution is 2.18. The molecule has 0 saturated heterocycles. The van der Waals surface area contributed by atoms with Gasteiger partial charge in [-0.3, -0.25) is 0 Å². The molecule has 0 spiro atoms. The van der Waals surface area contributed by atoms with Crippen LogP contribution < -0.4 is 0 Å². The average Bonchev–Trinajstić information content (AvgIpc) is 2.35. The monoisotopic (exact) mass is 226 g/mol. The van der Waals surface area contributed by atoms with E-state index in [1.165, 1.54) is 5.56 Å². The lowest BCUT2D eigenvalue weighted by Crippen LogP contribution is -2.32. The molecule has 3 heteroatoms. The topological polar surface area (TPSA) is 60.7 Å².